The van der Waals surface area contributed by atoms with Crippen molar-refractivity contribution in [3.05, 3.63) is 30.1 Å². The second kappa shape index (κ2) is 12.8. The summed E-state index contributed by atoms with van der Waals surface area (Å²) < 4.78 is 113. The van der Waals surface area contributed by atoms with Crippen molar-refractivity contribution in [2.75, 3.05) is 73.7 Å². The number of carbonyl (C=O) groups excluding carboxylic acids is 1. The van der Waals surface area contributed by atoms with Gasteiger partial charge in [-0.2, -0.15) is 17.5 Å². The number of rotatable bonds is 10. The first-order chi connectivity index (χ1) is 18.8. The third-order valence-electron chi connectivity index (χ3n) is 6.60. The third kappa shape index (κ3) is 9.58. The fraction of sp³-hybridized carbons (Fsp3) is 0.696. The first kappa shape index (κ1) is 33.6. The van der Waals surface area contributed by atoms with E-state index in [0.29, 0.717) is 4.48 Å². The molecule has 1 aromatic rings. The van der Waals surface area contributed by atoms with Crippen molar-refractivity contribution in [3.8, 4) is 0 Å². The van der Waals surface area contributed by atoms with Crippen molar-refractivity contribution in [2.45, 2.75) is 35.6 Å². The number of piperidine rings is 1. The number of quaternary nitrogens is 1. The predicted molar refractivity (Wildman–Crippen MR) is 133 cm³/mol. The molecule has 18 heteroatoms. The summed E-state index contributed by atoms with van der Waals surface area (Å²) in [6.07, 6.45) is -9.15. The van der Waals surface area contributed by atoms with Crippen LogP contribution in [0.1, 0.15) is 12.8 Å². The van der Waals surface area contributed by atoms with Gasteiger partial charge in [0.15, 0.2) is 0 Å². The Morgan fingerprint density at radius 3 is 2.32 bits per heavy atom. The van der Waals surface area contributed by atoms with Gasteiger partial charge in [-0.15, -0.1) is 0 Å². The van der Waals surface area contributed by atoms with Gasteiger partial charge in [0.25, 0.3) is 7.82 Å². The van der Waals surface area contributed by atoms with Gasteiger partial charge < -0.3 is 32.8 Å². The van der Waals surface area contributed by atoms with Crippen molar-refractivity contribution in [1.29, 1.82) is 0 Å². The number of carbonyl (C=O) groups is 1. The highest BCUT2D eigenvalue weighted by atomic mass is 32.2. The quantitative estimate of drug-likeness (QED) is 0.215. The van der Waals surface area contributed by atoms with Gasteiger partial charge in [-0.3, -0.25) is 4.57 Å². The molecular formula is C23H34F4N3O9PS. The van der Waals surface area contributed by atoms with Gasteiger partial charge in [-0.25, -0.2) is 17.6 Å². The molecule has 1 amide bonds. The van der Waals surface area contributed by atoms with E-state index in [0.717, 1.165) is 29.2 Å². The van der Waals surface area contributed by atoms with Crippen molar-refractivity contribution in [1.82, 2.24) is 9.21 Å². The van der Waals surface area contributed by atoms with Gasteiger partial charge in [-0.1, -0.05) is 0 Å². The highest BCUT2D eigenvalue weighted by Gasteiger charge is 2.47. The fourth-order valence-electron chi connectivity index (χ4n) is 4.18. The van der Waals surface area contributed by atoms with Crippen LogP contribution >= 0.6 is 7.82 Å². The molecule has 2 aliphatic rings. The molecule has 2 heterocycles. The second-order valence-corrected chi connectivity index (χ2v) is 14.2. The molecule has 2 unspecified atom stereocenters. The molecule has 0 saturated carbocycles. The van der Waals surface area contributed by atoms with Gasteiger partial charge in [0.1, 0.15) is 25.6 Å². The smallest absolute Gasteiger partial charge is 0.427 e. The van der Waals surface area contributed by atoms with Crippen molar-refractivity contribution in [3.63, 3.8) is 0 Å². The number of morpholine rings is 1. The zero-order chi connectivity index (χ0) is 30.7. The molecule has 0 N–H and O–H groups in total. The van der Waals surface area contributed by atoms with Crippen LogP contribution < -0.4 is 4.89 Å². The number of phosphoric acid groups is 1. The molecule has 3 rings (SSSR count). The highest BCUT2D eigenvalue weighted by molar-refractivity contribution is 7.89. The molecular weight excluding hydrogens is 601 g/mol. The largest absolute Gasteiger partial charge is 0.756 e. The molecule has 2 aliphatic heterocycles. The number of alkyl halides is 3. The van der Waals surface area contributed by atoms with E-state index < -0.39 is 54.2 Å². The number of phosphoric ester groups is 1. The first-order valence-electron chi connectivity index (χ1n) is 12.6. The number of sulfonamides is 1. The number of likely N-dealkylation sites (N-methyl/N-ethyl adjacent to an activating group) is 1. The van der Waals surface area contributed by atoms with E-state index in [1.54, 1.807) is 21.1 Å². The van der Waals surface area contributed by atoms with Crippen molar-refractivity contribution < 1.29 is 63.2 Å². The first-order valence-corrected chi connectivity index (χ1v) is 15.5. The second-order valence-electron chi connectivity index (χ2n) is 10.8. The molecule has 0 aromatic heterocycles. The van der Waals surface area contributed by atoms with Gasteiger partial charge in [-0.05, 0) is 37.1 Å². The summed E-state index contributed by atoms with van der Waals surface area (Å²) in [4.78, 5) is 25.3. The zero-order valence-corrected chi connectivity index (χ0v) is 24.6. The molecule has 0 bridgehead atoms. The molecule has 234 valence electrons. The minimum absolute atomic E-state index is 0.0447. The Morgan fingerprint density at radius 1 is 1.15 bits per heavy atom. The molecule has 0 aliphatic carbocycles. The minimum Gasteiger partial charge on any atom is -0.756 e. The molecule has 2 atom stereocenters. The number of ether oxygens (including phenoxy) is 2. The van der Waals surface area contributed by atoms with Crippen LogP contribution in [0, 0.1) is 5.82 Å². The number of nitrogens with zero attached hydrogens (tertiary/aromatic N) is 3. The van der Waals surface area contributed by atoms with Crippen LogP contribution in [-0.4, -0.2) is 120 Å². The van der Waals surface area contributed by atoms with Crippen molar-refractivity contribution >= 4 is 23.9 Å². The highest BCUT2D eigenvalue weighted by Crippen LogP contribution is 2.40. The fourth-order valence-corrected chi connectivity index (χ4v) is 6.38. The Balaban J connectivity index is 1.56. The lowest BCUT2D eigenvalue weighted by Crippen LogP contribution is -2.58. The van der Waals surface area contributed by atoms with Crippen LogP contribution in [0.3, 0.4) is 0 Å². The summed E-state index contributed by atoms with van der Waals surface area (Å²) in [6, 6.07) is 4.36. The molecule has 12 nitrogen and oxygen atoms in total. The summed E-state index contributed by atoms with van der Waals surface area (Å²) in [6.45, 7) is -1.79. The number of halogens is 4. The topological polar surface area (TPSA) is 135 Å². The van der Waals surface area contributed by atoms with E-state index in [1.807, 2.05) is 0 Å². The lowest BCUT2D eigenvalue weighted by molar-refractivity contribution is -0.870. The molecule has 1 aromatic carbocycles. The maximum atomic E-state index is 13.5. The molecule has 41 heavy (non-hydrogen) atoms. The van der Waals surface area contributed by atoms with E-state index in [1.165, 1.54) is 4.31 Å². The van der Waals surface area contributed by atoms with Crippen LogP contribution in [0.25, 0.3) is 0 Å². The van der Waals surface area contributed by atoms with E-state index >= 15 is 0 Å². The average Bonchev–Trinajstić information content (AvgIpc) is 2.85. The summed E-state index contributed by atoms with van der Waals surface area (Å²) in [5, 5.41) is 0. The molecule has 0 radical (unpaired) electrons. The normalized spacial score (nSPS) is 20.9. The number of benzene rings is 1. The van der Waals surface area contributed by atoms with Crippen LogP contribution in [0.15, 0.2) is 29.2 Å². The van der Waals surface area contributed by atoms with E-state index in [2.05, 4.69) is 13.8 Å². The van der Waals surface area contributed by atoms with Crippen molar-refractivity contribution in [2.24, 2.45) is 0 Å². The lowest BCUT2D eigenvalue weighted by atomic mass is 9.90. The summed E-state index contributed by atoms with van der Waals surface area (Å²) in [5.74, 6) is -0.591. The maximum Gasteiger partial charge on any atom is 0.427 e. The van der Waals surface area contributed by atoms with Gasteiger partial charge in [0.2, 0.25) is 16.1 Å². The maximum absolute atomic E-state index is 13.5. The number of likely N-dealkylation sites (tertiary alicyclic amines) is 1. The van der Waals surface area contributed by atoms with Gasteiger partial charge in [0.05, 0.1) is 38.2 Å². The van der Waals surface area contributed by atoms with Crippen LogP contribution in [0.5, 0.6) is 0 Å². The Morgan fingerprint density at radius 2 is 1.76 bits per heavy atom. The van der Waals surface area contributed by atoms with Crippen LogP contribution in [-0.2, 0) is 33.1 Å². The van der Waals surface area contributed by atoms with Gasteiger partial charge in [0, 0.05) is 26.2 Å². The lowest BCUT2D eigenvalue weighted by Gasteiger charge is -2.46. The number of hydrogen-bond donors (Lipinski definition) is 0. The molecule has 2 saturated heterocycles. The Hall–Kier alpha value is -1.85. The van der Waals surface area contributed by atoms with E-state index in [4.69, 9.17) is 4.74 Å². The van der Waals surface area contributed by atoms with Gasteiger partial charge >= 0.3 is 12.3 Å². The Kier molecular flexibility index (Phi) is 10.5. The van der Waals surface area contributed by atoms with E-state index in [-0.39, 0.29) is 63.7 Å². The van der Waals surface area contributed by atoms with Crippen LogP contribution in [0.2, 0.25) is 0 Å². The SMILES string of the molecule is C[N+](C)(C)CCOP(=O)([O-])OCC(OC(=O)N1CCC2(CC1)CN(S(=O)(=O)c1ccc(F)cc1)CCO2)C(F)(F)F. The Labute approximate surface area is 235 Å². The monoisotopic (exact) mass is 635 g/mol. The average molecular weight is 636 g/mol. The summed E-state index contributed by atoms with van der Waals surface area (Å²) in [7, 11) is -3.79. The molecule has 1 spiro atoms. The third-order valence-corrected chi connectivity index (χ3v) is 9.42. The number of amides is 1. The Bertz CT molecular complexity index is 1200. The molecule has 2 fully saturated rings. The zero-order valence-electron chi connectivity index (χ0n) is 22.8. The predicted octanol–water partition coefficient (Wildman–Crippen LogP) is 1.96. The van der Waals surface area contributed by atoms with E-state index in [9.17, 15) is 40.2 Å². The minimum atomic E-state index is -5.13. The standard InChI is InChI=1S/C23H34F4N3O9PS/c1-30(2,3)13-15-37-40(32,33)38-16-20(23(25,26)27)39-21(31)28-10-8-22(9-11-28)17-29(12-14-36-22)41(34,35)19-6-4-18(24)5-7-19/h4-7,20H,8-17H2,1-3H3. The summed E-state index contributed by atoms with van der Waals surface area (Å²) in [5.41, 5.74) is -0.993. The van der Waals surface area contributed by atoms with Crippen LogP contribution in [0.4, 0.5) is 22.4 Å². The number of hydrogen-bond acceptors (Lipinski definition) is 9. The summed E-state index contributed by atoms with van der Waals surface area (Å²) >= 11 is 0.